The Bertz CT molecular complexity index is 1130. The van der Waals surface area contributed by atoms with Crippen molar-refractivity contribution in [2.24, 2.45) is 11.8 Å². The van der Waals surface area contributed by atoms with E-state index in [-0.39, 0.29) is 12.0 Å². The average Bonchev–Trinajstić information content (AvgIpc) is 2.93. The SMILES string of the molecule is CSCC[C@H](NC(=O)c1ccc(COC(C)COC2CC(C3CCCCC3)C2)cc1-c1ccccc1C)C(=O)O. The van der Waals surface area contributed by atoms with Crippen LogP contribution >= 0.6 is 11.8 Å². The molecule has 2 aromatic rings. The van der Waals surface area contributed by atoms with Gasteiger partial charge in [0.05, 0.1) is 25.4 Å². The molecule has 2 aliphatic carbocycles. The summed E-state index contributed by atoms with van der Waals surface area (Å²) in [6.45, 7) is 5.05. The first-order chi connectivity index (χ1) is 19.4. The Morgan fingerprint density at radius 1 is 1.05 bits per heavy atom. The number of carbonyl (C=O) groups excluding carboxylic acids is 1. The van der Waals surface area contributed by atoms with E-state index in [0.29, 0.717) is 37.1 Å². The second-order valence-electron chi connectivity index (χ2n) is 11.5. The molecule has 1 amide bonds. The van der Waals surface area contributed by atoms with E-state index < -0.39 is 12.0 Å². The number of carbonyl (C=O) groups is 2. The highest BCUT2D eigenvalue weighted by molar-refractivity contribution is 7.98. The Labute approximate surface area is 243 Å². The Morgan fingerprint density at radius 3 is 2.50 bits per heavy atom. The molecule has 2 saturated carbocycles. The number of rotatable bonds is 14. The molecule has 0 bridgehead atoms. The summed E-state index contributed by atoms with van der Waals surface area (Å²) in [5, 5.41) is 12.3. The molecule has 2 aromatic carbocycles. The number of aryl methyl sites for hydroxylation is 1. The second kappa shape index (κ2) is 15.0. The van der Waals surface area contributed by atoms with Crippen LogP contribution < -0.4 is 5.32 Å². The first-order valence-corrected chi connectivity index (χ1v) is 16.2. The maximum atomic E-state index is 13.3. The minimum atomic E-state index is -1.02. The number of amides is 1. The maximum absolute atomic E-state index is 13.3. The van der Waals surface area contributed by atoms with Crippen LogP contribution in [-0.2, 0) is 20.9 Å². The third kappa shape index (κ3) is 8.34. The van der Waals surface area contributed by atoms with Gasteiger partial charge in [0.15, 0.2) is 0 Å². The number of benzene rings is 2. The van der Waals surface area contributed by atoms with Gasteiger partial charge in [-0.3, -0.25) is 4.79 Å². The van der Waals surface area contributed by atoms with Gasteiger partial charge in [-0.25, -0.2) is 4.79 Å². The molecule has 40 heavy (non-hydrogen) atoms. The van der Waals surface area contributed by atoms with Crippen molar-refractivity contribution in [2.45, 2.75) is 90.1 Å². The fourth-order valence-electron chi connectivity index (χ4n) is 6.00. The Hall–Kier alpha value is -2.35. The van der Waals surface area contributed by atoms with E-state index in [0.717, 1.165) is 34.1 Å². The highest BCUT2D eigenvalue weighted by Crippen LogP contribution is 2.42. The van der Waals surface area contributed by atoms with Crippen LogP contribution in [0.1, 0.15) is 79.8 Å². The van der Waals surface area contributed by atoms with E-state index in [9.17, 15) is 14.7 Å². The number of thioether (sulfide) groups is 1. The highest BCUT2D eigenvalue weighted by atomic mass is 32.2. The average molecular weight is 568 g/mol. The lowest BCUT2D eigenvalue weighted by molar-refractivity contribution is -0.139. The summed E-state index contributed by atoms with van der Waals surface area (Å²) >= 11 is 1.56. The zero-order chi connectivity index (χ0) is 28.5. The van der Waals surface area contributed by atoms with Gasteiger partial charge in [0.25, 0.3) is 5.91 Å². The van der Waals surface area contributed by atoms with Crippen LogP contribution in [0.5, 0.6) is 0 Å². The van der Waals surface area contributed by atoms with E-state index in [1.54, 1.807) is 17.8 Å². The van der Waals surface area contributed by atoms with Gasteiger partial charge in [0, 0.05) is 5.56 Å². The number of carboxylic acid groups (broad SMARTS) is 1. The molecular weight excluding hydrogens is 522 g/mol. The number of aliphatic carboxylic acids is 1. The first-order valence-electron chi connectivity index (χ1n) is 14.8. The Kier molecular flexibility index (Phi) is 11.5. The van der Waals surface area contributed by atoms with Crippen molar-refractivity contribution in [3.05, 3.63) is 59.2 Å². The summed E-state index contributed by atoms with van der Waals surface area (Å²) in [6.07, 6.45) is 12.0. The lowest BCUT2D eigenvalue weighted by Crippen LogP contribution is -2.41. The van der Waals surface area contributed by atoms with E-state index in [4.69, 9.17) is 9.47 Å². The quantitative estimate of drug-likeness (QED) is 0.259. The van der Waals surface area contributed by atoms with Gasteiger partial charge in [0.2, 0.25) is 0 Å². The number of ether oxygens (including phenoxy) is 2. The van der Waals surface area contributed by atoms with Gasteiger partial charge in [-0.1, -0.05) is 62.4 Å². The largest absolute Gasteiger partial charge is 0.480 e. The molecule has 2 fully saturated rings. The Balaban J connectivity index is 1.36. The minimum absolute atomic E-state index is 0.0358. The van der Waals surface area contributed by atoms with Crippen molar-refractivity contribution in [2.75, 3.05) is 18.6 Å². The summed E-state index contributed by atoms with van der Waals surface area (Å²) in [5.74, 6) is 1.02. The smallest absolute Gasteiger partial charge is 0.326 e. The highest BCUT2D eigenvalue weighted by Gasteiger charge is 2.36. The third-order valence-electron chi connectivity index (χ3n) is 8.53. The molecule has 6 nitrogen and oxygen atoms in total. The van der Waals surface area contributed by atoms with Crippen LogP contribution in [0, 0.1) is 18.8 Å². The number of nitrogens with one attached hydrogen (secondary N) is 1. The lowest BCUT2D eigenvalue weighted by atomic mass is 9.68. The van der Waals surface area contributed by atoms with Crippen molar-refractivity contribution < 1.29 is 24.2 Å². The van der Waals surface area contributed by atoms with Crippen LogP contribution in [0.2, 0.25) is 0 Å². The van der Waals surface area contributed by atoms with Gasteiger partial charge in [0.1, 0.15) is 6.04 Å². The van der Waals surface area contributed by atoms with E-state index in [1.807, 2.05) is 56.5 Å². The fourth-order valence-corrected chi connectivity index (χ4v) is 6.47. The monoisotopic (exact) mass is 567 g/mol. The molecule has 0 saturated heterocycles. The van der Waals surface area contributed by atoms with Crippen molar-refractivity contribution in [1.29, 1.82) is 0 Å². The molecule has 0 heterocycles. The summed E-state index contributed by atoms with van der Waals surface area (Å²) in [4.78, 5) is 25.0. The first kappa shape index (κ1) is 30.6. The van der Waals surface area contributed by atoms with E-state index in [1.165, 1.54) is 44.9 Å². The topological polar surface area (TPSA) is 84.9 Å². The summed E-state index contributed by atoms with van der Waals surface area (Å²) in [7, 11) is 0. The van der Waals surface area contributed by atoms with E-state index >= 15 is 0 Å². The lowest BCUT2D eigenvalue weighted by Gasteiger charge is -2.42. The zero-order valence-corrected chi connectivity index (χ0v) is 25.0. The van der Waals surface area contributed by atoms with Crippen molar-refractivity contribution >= 4 is 23.6 Å². The normalized spacial score (nSPS) is 20.9. The molecule has 218 valence electrons. The summed E-state index contributed by atoms with van der Waals surface area (Å²) in [5.41, 5.74) is 4.18. The molecule has 0 radical (unpaired) electrons. The predicted octanol–water partition coefficient (Wildman–Crippen LogP) is 6.88. The summed E-state index contributed by atoms with van der Waals surface area (Å²) in [6, 6.07) is 12.7. The molecule has 2 N–H and O–H groups in total. The standard InChI is InChI=1S/C33H45NO5S/c1-22-9-7-8-12-28(22)30-17-24(13-14-29(30)32(35)34-31(33(36)37)15-16-40-3)21-38-23(2)20-39-27-18-26(19-27)25-10-5-4-6-11-25/h7-9,12-14,17,23,25-27,31H,4-6,10-11,15-16,18-21H2,1-3H3,(H,34,35)(H,36,37)/t23?,26?,27?,31-/m0/s1. The third-order valence-corrected chi connectivity index (χ3v) is 9.17. The molecule has 0 aromatic heterocycles. The van der Waals surface area contributed by atoms with Crippen molar-refractivity contribution in [3.63, 3.8) is 0 Å². The van der Waals surface area contributed by atoms with Crippen LogP contribution in [0.4, 0.5) is 0 Å². The molecule has 2 aliphatic rings. The summed E-state index contributed by atoms with van der Waals surface area (Å²) < 4.78 is 12.3. The number of hydrogen-bond donors (Lipinski definition) is 2. The van der Waals surface area contributed by atoms with Gasteiger partial charge in [-0.15, -0.1) is 0 Å². The maximum Gasteiger partial charge on any atom is 0.326 e. The van der Waals surface area contributed by atoms with Gasteiger partial charge in [-0.05, 0) is 91.3 Å². The molecule has 7 heteroatoms. The molecule has 2 atom stereocenters. The van der Waals surface area contributed by atoms with Gasteiger partial charge in [-0.2, -0.15) is 11.8 Å². The zero-order valence-electron chi connectivity index (χ0n) is 24.2. The number of carboxylic acids is 1. The molecular formula is C33H45NO5S. The molecule has 0 aliphatic heterocycles. The fraction of sp³-hybridized carbons (Fsp3) is 0.576. The molecule has 4 rings (SSSR count). The molecule has 1 unspecified atom stereocenters. The van der Waals surface area contributed by atoms with Crippen LogP contribution in [0.3, 0.4) is 0 Å². The van der Waals surface area contributed by atoms with Crippen molar-refractivity contribution in [3.8, 4) is 11.1 Å². The van der Waals surface area contributed by atoms with Gasteiger partial charge >= 0.3 is 5.97 Å². The predicted molar refractivity (Wildman–Crippen MR) is 162 cm³/mol. The van der Waals surface area contributed by atoms with Crippen LogP contribution in [0.15, 0.2) is 42.5 Å². The van der Waals surface area contributed by atoms with E-state index in [2.05, 4.69) is 5.32 Å². The van der Waals surface area contributed by atoms with Crippen LogP contribution in [0.25, 0.3) is 11.1 Å². The minimum Gasteiger partial charge on any atom is -0.480 e. The van der Waals surface area contributed by atoms with Crippen LogP contribution in [-0.4, -0.2) is 53.8 Å². The second-order valence-corrected chi connectivity index (χ2v) is 12.5. The Morgan fingerprint density at radius 2 is 1.80 bits per heavy atom. The molecule has 0 spiro atoms. The van der Waals surface area contributed by atoms with Crippen molar-refractivity contribution in [1.82, 2.24) is 5.32 Å². The van der Waals surface area contributed by atoms with Gasteiger partial charge < -0.3 is 19.9 Å². The number of hydrogen-bond acceptors (Lipinski definition) is 5.